The molecule has 0 N–H and O–H groups in total. The van der Waals surface area contributed by atoms with Crippen molar-refractivity contribution in [3.63, 3.8) is 0 Å². The number of rotatable bonds is 8. The highest BCUT2D eigenvalue weighted by Gasteiger charge is 2.27. The number of hydrogen-bond donors (Lipinski definition) is 0. The lowest BCUT2D eigenvalue weighted by Crippen LogP contribution is -2.16. The maximum atomic E-state index is 13.1. The van der Waals surface area contributed by atoms with E-state index >= 15 is 0 Å². The molecule has 1 unspecified atom stereocenters. The summed E-state index contributed by atoms with van der Waals surface area (Å²) in [6, 6.07) is 14.7. The van der Waals surface area contributed by atoms with Gasteiger partial charge in [-0.3, -0.25) is 4.79 Å². The van der Waals surface area contributed by atoms with Crippen LogP contribution in [0.4, 0.5) is 0 Å². The maximum absolute atomic E-state index is 13.1. The van der Waals surface area contributed by atoms with E-state index in [0.717, 1.165) is 17.5 Å². The van der Waals surface area contributed by atoms with Crippen LogP contribution in [0.2, 0.25) is 0 Å². The summed E-state index contributed by atoms with van der Waals surface area (Å²) in [7, 11) is 3.35. The molecule has 0 aliphatic carbocycles. The first-order valence-electron chi connectivity index (χ1n) is 9.62. The average Bonchev–Trinajstić information content (AvgIpc) is 3.05. The normalized spacial score (nSPS) is 12.0. The van der Waals surface area contributed by atoms with Crippen LogP contribution in [0.15, 0.2) is 42.5 Å². The first-order chi connectivity index (χ1) is 14.0. The van der Waals surface area contributed by atoms with Crippen molar-refractivity contribution in [2.75, 3.05) is 13.7 Å². The third-order valence-electron chi connectivity index (χ3n) is 4.87. The van der Waals surface area contributed by atoms with Crippen molar-refractivity contribution >= 4 is 16.8 Å². The van der Waals surface area contributed by atoms with Crippen molar-refractivity contribution in [3.05, 3.63) is 53.9 Å². The van der Waals surface area contributed by atoms with E-state index in [1.165, 1.54) is 7.11 Å². The predicted octanol–water partition coefficient (Wildman–Crippen LogP) is 4.50. The number of carbonyl (C=O) groups excluding carboxylic acids is 1. The minimum absolute atomic E-state index is 0.321. The van der Waals surface area contributed by atoms with E-state index in [4.69, 9.17) is 9.47 Å². The second-order valence-corrected chi connectivity index (χ2v) is 7.34. The number of para-hydroxylation sites is 2. The molecule has 1 heterocycles. The first-order valence-corrected chi connectivity index (χ1v) is 9.62. The molecule has 0 spiro atoms. The molecule has 0 saturated carbocycles. The molecule has 0 radical (unpaired) electrons. The van der Waals surface area contributed by atoms with Gasteiger partial charge in [0.05, 0.1) is 30.8 Å². The number of nitrogens with zero attached hydrogens (tertiary/aromatic N) is 3. The lowest BCUT2D eigenvalue weighted by Gasteiger charge is -2.14. The molecule has 0 aliphatic rings. The highest BCUT2D eigenvalue weighted by molar-refractivity contribution is 6.03. The number of fused-ring (bicyclic) bond motifs is 1. The Labute approximate surface area is 170 Å². The fourth-order valence-corrected chi connectivity index (χ4v) is 3.17. The average molecular weight is 391 g/mol. The lowest BCUT2D eigenvalue weighted by atomic mass is 9.97. The Morgan fingerprint density at radius 3 is 2.62 bits per heavy atom. The zero-order valence-corrected chi connectivity index (χ0v) is 17.2. The molecule has 1 atom stereocenters. The molecule has 0 amide bonds. The summed E-state index contributed by atoms with van der Waals surface area (Å²) in [5.41, 5.74) is 2.02. The highest BCUT2D eigenvalue weighted by atomic mass is 16.5. The van der Waals surface area contributed by atoms with Gasteiger partial charge >= 0.3 is 0 Å². The van der Waals surface area contributed by atoms with Crippen molar-refractivity contribution < 1.29 is 14.3 Å². The van der Waals surface area contributed by atoms with Gasteiger partial charge in [0.1, 0.15) is 5.82 Å². The fourth-order valence-electron chi connectivity index (χ4n) is 3.17. The monoisotopic (exact) mass is 391 g/mol. The van der Waals surface area contributed by atoms with Crippen LogP contribution in [0.25, 0.3) is 11.0 Å². The summed E-state index contributed by atoms with van der Waals surface area (Å²) in [6.45, 7) is 4.83. The van der Waals surface area contributed by atoms with E-state index in [1.807, 2.05) is 31.3 Å². The van der Waals surface area contributed by atoms with Gasteiger partial charge in [-0.1, -0.05) is 26.0 Å². The molecule has 1 aromatic heterocycles. The van der Waals surface area contributed by atoms with E-state index in [9.17, 15) is 10.1 Å². The van der Waals surface area contributed by atoms with Crippen LogP contribution in [0.5, 0.6) is 11.5 Å². The summed E-state index contributed by atoms with van der Waals surface area (Å²) in [4.78, 5) is 17.6. The van der Waals surface area contributed by atoms with Gasteiger partial charge in [-0.2, -0.15) is 5.26 Å². The fraction of sp³-hybridized carbons (Fsp3) is 0.348. The van der Waals surface area contributed by atoms with Gasteiger partial charge in [-0.05, 0) is 42.7 Å². The number of ketones is 1. The standard InChI is InChI=1S/C23H25N3O3/c1-15(2)11-12-29-20-10-9-16(13-21(20)28-4)22(27)17(14-24)23-25-18-7-5-6-8-19(18)26(23)3/h5-10,13,15,17H,11-12H2,1-4H3. The van der Waals surface area contributed by atoms with E-state index in [2.05, 4.69) is 24.9 Å². The van der Waals surface area contributed by atoms with Gasteiger partial charge in [-0.25, -0.2) is 4.98 Å². The quantitative estimate of drug-likeness (QED) is 0.529. The summed E-state index contributed by atoms with van der Waals surface area (Å²) in [5, 5.41) is 9.73. The Hall–Kier alpha value is -3.33. The molecule has 0 saturated heterocycles. The zero-order valence-electron chi connectivity index (χ0n) is 17.2. The third-order valence-corrected chi connectivity index (χ3v) is 4.87. The van der Waals surface area contributed by atoms with Crippen LogP contribution in [-0.4, -0.2) is 29.1 Å². The molecule has 150 valence electrons. The van der Waals surface area contributed by atoms with Gasteiger partial charge in [-0.15, -0.1) is 0 Å². The van der Waals surface area contributed by atoms with Gasteiger partial charge in [0, 0.05) is 12.6 Å². The van der Waals surface area contributed by atoms with Gasteiger partial charge < -0.3 is 14.0 Å². The van der Waals surface area contributed by atoms with Crippen LogP contribution in [-0.2, 0) is 7.05 Å². The van der Waals surface area contributed by atoms with E-state index < -0.39 is 5.92 Å². The molecular weight excluding hydrogens is 366 g/mol. The summed E-state index contributed by atoms with van der Waals surface area (Å²) >= 11 is 0. The van der Waals surface area contributed by atoms with Crippen LogP contribution in [0.1, 0.15) is 42.4 Å². The second kappa shape index (κ2) is 8.78. The minimum atomic E-state index is -1.01. The zero-order chi connectivity index (χ0) is 21.0. The Morgan fingerprint density at radius 2 is 1.97 bits per heavy atom. The molecule has 0 fully saturated rings. The topological polar surface area (TPSA) is 77.1 Å². The number of ether oxygens (including phenoxy) is 2. The molecular formula is C23H25N3O3. The number of carbonyl (C=O) groups is 1. The summed E-state index contributed by atoms with van der Waals surface area (Å²) < 4.78 is 13.0. The van der Waals surface area contributed by atoms with E-state index in [-0.39, 0.29) is 5.78 Å². The number of aromatic nitrogens is 2. The Bertz CT molecular complexity index is 1060. The van der Waals surface area contributed by atoms with E-state index in [1.54, 1.807) is 22.8 Å². The van der Waals surface area contributed by atoms with E-state index in [0.29, 0.717) is 35.4 Å². The summed E-state index contributed by atoms with van der Waals surface area (Å²) in [5.74, 6) is 0.687. The Kier molecular flexibility index (Phi) is 6.18. The Morgan fingerprint density at radius 1 is 1.21 bits per heavy atom. The first kappa shape index (κ1) is 20.4. The molecule has 2 aromatic carbocycles. The Balaban J connectivity index is 1.89. The number of hydrogen-bond acceptors (Lipinski definition) is 5. The predicted molar refractivity (Wildman–Crippen MR) is 111 cm³/mol. The van der Waals surface area contributed by atoms with Crippen LogP contribution < -0.4 is 9.47 Å². The van der Waals surface area contributed by atoms with Crippen molar-refractivity contribution in [2.24, 2.45) is 13.0 Å². The van der Waals surface area contributed by atoms with Gasteiger partial charge in [0.15, 0.2) is 23.2 Å². The van der Waals surface area contributed by atoms with Crippen molar-refractivity contribution in [2.45, 2.75) is 26.2 Å². The molecule has 29 heavy (non-hydrogen) atoms. The van der Waals surface area contributed by atoms with Gasteiger partial charge in [0.2, 0.25) is 0 Å². The maximum Gasteiger partial charge on any atom is 0.187 e. The summed E-state index contributed by atoms with van der Waals surface area (Å²) in [6.07, 6.45) is 0.924. The number of aryl methyl sites for hydroxylation is 1. The number of methoxy groups -OCH3 is 1. The largest absolute Gasteiger partial charge is 0.493 e. The molecule has 3 rings (SSSR count). The smallest absolute Gasteiger partial charge is 0.187 e. The second-order valence-electron chi connectivity index (χ2n) is 7.34. The third kappa shape index (κ3) is 4.24. The van der Waals surface area contributed by atoms with Gasteiger partial charge in [0.25, 0.3) is 0 Å². The van der Waals surface area contributed by atoms with Crippen molar-refractivity contribution in [3.8, 4) is 17.6 Å². The number of imidazole rings is 1. The molecule has 3 aromatic rings. The van der Waals surface area contributed by atoms with Crippen molar-refractivity contribution in [1.29, 1.82) is 5.26 Å². The van der Waals surface area contributed by atoms with Crippen LogP contribution in [0.3, 0.4) is 0 Å². The lowest BCUT2D eigenvalue weighted by molar-refractivity contribution is 0.0975. The number of Topliss-reactive ketones (excluding diaryl/α,β-unsaturated/α-hetero) is 1. The van der Waals surface area contributed by atoms with Crippen LogP contribution >= 0.6 is 0 Å². The van der Waals surface area contributed by atoms with Crippen LogP contribution in [0, 0.1) is 17.2 Å². The molecule has 0 aliphatic heterocycles. The highest BCUT2D eigenvalue weighted by Crippen LogP contribution is 2.31. The van der Waals surface area contributed by atoms with Crippen molar-refractivity contribution in [1.82, 2.24) is 9.55 Å². The molecule has 0 bridgehead atoms. The number of benzene rings is 2. The minimum Gasteiger partial charge on any atom is -0.493 e. The number of nitriles is 1. The molecule has 6 heteroatoms. The SMILES string of the molecule is COc1cc(C(=O)C(C#N)c2nc3ccccc3n2C)ccc1OCCC(C)C. The molecule has 6 nitrogen and oxygen atoms in total.